The van der Waals surface area contributed by atoms with Gasteiger partial charge >= 0.3 is 0 Å². The summed E-state index contributed by atoms with van der Waals surface area (Å²) in [4.78, 5) is 26.6. The van der Waals surface area contributed by atoms with Crippen LogP contribution in [-0.4, -0.2) is 29.8 Å². The van der Waals surface area contributed by atoms with Gasteiger partial charge in [-0.2, -0.15) is 0 Å². The van der Waals surface area contributed by atoms with Crippen molar-refractivity contribution in [2.45, 2.75) is 52.6 Å². The number of amides is 1. The van der Waals surface area contributed by atoms with E-state index in [0.717, 1.165) is 41.0 Å². The first-order chi connectivity index (χ1) is 15.1. The van der Waals surface area contributed by atoms with Gasteiger partial charge in [-0.15, -0.1) is 0 Å². The van der Waals surface area contributed by atoms with Gasteiger partial charge in [0.15, 0.2) is 0 Å². The van der Waals surface area contributed by atoms with Gasteiger partial charge in [0.2, 0.25) is 5.78 Å². The summed E-state index contributed by atoms with van der Waals surface area (Å²) >= 11 is 0. The molecule has 1 N–H and O–H groups in total. The van der Waals surface area contributed by atoms with Crippen LogP contribution in [0.1, 0.15) is 52.9 Å². The Kier molecular flexibility index (Phi) is 5.02. The van der Waals surface area contributed by atoms with E-state index in [1.165, 1.54) is 18.7 Å². The predicted octanol–water partition coefficient (Wildman–Crippen LogP) is 3.73. The maximum atomic E-state index is 13.0. The van der Waals surface area contributed by atoms with E-state index < -0.39 is 0 Å². The SMILES string of the molecule is CCc1nc2ncc(C)cn2c1C(=O)NCc1ccc(-c2cn3c(n2)CCCC3)cc1. The number of carbonyl (C=O) groups excluding carboxylic acids is 1. The highest BCUT2D eigenvalue weighted by molar-refractivity contribution is 5.94. The van der Waals surface area contributed by atoms with E-state index in [0.29, 0.717) is 24.4 Å². The van der Waals surface area contributed by atoms with Crippen molar-refractivity contribution in [1.82, 2.24) is 29.2 Å². The highest BCUT2D eigenvalue weighted by Gasteiger charge is 2.19. The third-order valence-electron chi connectivity index (χ3n) is 5.84. The molecular weight excluding hydrogens is 388 g/mol. The number of fused-ring (bicyclic) bond motifs is 2. The van der Waals surface area contributed by atoms with Gasteiger partial charge in [0, 0.05) is 43.7 Å². The van der Waals surface area contributed by atoms with E-state index in [1.54, 1.807) is 10.6 Å². The molecule has 3 aromatic heterocycles. The largest absolute Gasteiger partial charge is 0.347 e. The van der Waals surface area contributed by atoms with Crippen molar-refractivity contribution in [3.8, 4) is 11.3 Å². The van der Waals surface area contributed by atoms with E-state index in [2.05, 4.69) is 50.3 Å². The Morgan fingerprint density at radius 2 is 1.97 bits per heavy atom. The first-order valence-electron chi connectivity index (χ1n) is 10.9. The summed E-state index contributed by atoms with van der Waals surface area (Å²) in [6, 6.07) is 8.26. The second-order valence-corrected chi connectivity index (χ2v) is 8.13. The van der Waals surface area contributed by atoms with Crippen molar-refractivity contribution in [3.05, 3.63) is 71.2 Å². The number of aryl methyl sites for hydroxylation is 4. The number of carbonyl (C=O) groups is 1. The molecular formula is C24H26N6O. The van der Waals surface area contributed by atoms with Crippen LogP contribution in [0.4, 0.5) is 0 Å². The molecule has 1 aromatic carbocycles. The number of nitrogens with one attached hydrogen (secondary N) is 1. The molecule has 0 saturated heterocycles. The Bertz CT molecular complexity index is 1230. The maximum absolute atomic E-state index is 13.0. The van der Waals surface area contributed by atoms with Crippen molar-refractivity contribution in [3.63, 3.8) is 0 Å². The zero-order chi connectivity index (χ0) is 21.4. The van der Waals surface area contributed by atoms with Crippen LogP contribution in [0.15, 0.2) is 42.9 Å². The van der Waals surface area contributed by atoms with Gasteiger partial charge in [0.05, 0.1) is 11.4 Å². The van der Waals surface area contributed by atoms with E-state index in [9.17, 15) is 4.79 Å². The molecule has 0 bridgehead atoms. The quantitative estimate of drug-likeness (QED) is 0.540. The minimum absolute atomic E-state index is 0.136. The smallest absolute Gasteiger partial charge is 0.270 e. The molecule has 4 aromatic rings. The zero-order valence-corrected chi connectivity index (χ0v) is 17.9. The Hall–Kier alpha value is -3.48. The molecule has 31 heavy (non-hydrogen) atoms. The molecule has 0 radical (unpaired) electrons. The minimum Gasteiger partial charge on any atom is -0.347 e. The molecule has 0 saturated carbocycles. The van der Waals surface area contributed by atoms with Crippen LogP contribution in [0.2, 0.25) is 0 Å². The van der Waals surface area contributed by atoms with Crippen molar-refractivity contribution >= 4 is 11.7 Å². The molecule has 7 heteroatoms. The Balaban J connectivity index is 1.31. The summed E-state index contributed by atoms with van der Waals surface area (Å²) in [7, 11) is 0. The average Bonchev–Trinajstić information content (AvgIpc) is 3.39. The molecule has 1 aliphatic heterocycles. The lowest BCUT2D eigenvalue weighted by molar-refractivity contribution is 0.0944. The van der Waals surface area contributed by atoms with Crippen LogP contribution >= 0.6 is 0 Å². The molecule has 5 rings (SSSR count). The molecule has 0 spiro atoms. The topological polar surface area (TPSA) is 77.1 Å². The van der Waals surface area contributed by atoms with Crippen molar-refractivity contribution in [2.75, 3.05) is 0 Å². The lowest BCUT2D eigenvalue weighted by Gasteiger charge is -2.11. The summed E-state index contributed by atoms with van der Waals surface area (Å²) in [5.41, 5.74) is 5.48. The summed E-state index contributed by atoms with van der Waals surface area (Å²) < 4.78 is 4.05. The normalized spacial score (nSPS) is 13.4. The van der Waals surface area contributed by atoms with E-state index in [4.69, 9.17) is 4.98 Å². The molecule has 1 amide bonds. The van der Waals surface area contributed by atoms with E-state index >= 15 is 0 Å². The monoisotopic (exact) mass is 414 g/mol. The van der Waals surface area contributed by atoms with Crippen LogP contribution in [0.5, 0.6) is 0 Å². The van der Waals surface area contributed by atoms with Crippen molar-refractivity contribution < 1.29 is 4.79 Å². The first kappa shape index (κ1) is 19.5. The fraction of sp³-hybridized carbons (Fsp3) is 0.333. The summed E-state index contributed by atoms with van der Waals surface area (Å²) in [6.07, 6.45) is 10.00. The lowest BCUT2D eigenvalue weighted by atomic mass is 10.1. The predicted molar refractivity (Wildman–Crippen MR) is 119 cm³/mol. The van der Waals surface area contributed by atoms with Gasteiger partial charge in [0.1, 0.15) is 11.5 Å². The molecule has 7 nitrogen and oxygen atoms in total. The standard InChI is InChI=1S/C24H26N6O/c1-3-19-22(30-14-16(2)12-26-24(30)28-19)23(31)25-13-17-7-9-18(10-8-17)20-15-29-11-5-4-6-21(29)27-20/h7-10,12,14-15H,3-6,11,13H2,1-2H3,(H,25,31). The molecule has 0 aliphatic carbocycles. The van der Waals surface area contributed by atoms with Gasteiger partial charge in [-0.05, 0) is 37.3 Å². The Labute approximate surface area is 181 Å². The molecule has 0 atom stereocenters. The lowest BCUT2D eigenvalue weighted by Crippen LogP contribution is -2.25. The van der Waals surface area contributed by atoms with E-state index in [1.807, 2.05) is 20.0 Å². The number of benzene rings is 1. The third kappa shape index (κ3) is 3.71. The first-order valence-corrected chi connectivity index (χ1v) is 10.9. The summed E-state index contributed by atoms with van der Waals surface area (Å²) in [5.74, 6) is 1.60. The second kappa shape index (κ2) is 7.98. The number of nitrogens with zero attached hydrogens (tertiary/aromatic N) is 5. The van der Waals surface area contributed by atoms with Crippen molar-refractivity contribution in [2.24, 2.45) is 0 Å². The van der Waals surface area contributed by atoms with Gasteiger partial charge in [0.25, 0.3) is 5.91 Å². The van der Waals surface area contributed by atoms with Gasteiger partial charge < -0.3 is 9.88 Å². The van der Waals surface area contributed by atoms with Crippen LogP contribution in [-0.2, 0) is 25.9 Å². The zero-order valence-electron chi connectivity index (χ0n) is 17.9. The highest BCUT2D eigenvalue weighted by Crippen LogP contribution is 2.23. The van der Waals surface area contributed by atoms with Gasteiger partial charge in [-0.1, -0.05) is 31.2 Å². The fourth-order valence-electron chi connectivity index (χ4n) is 4.17. The minimum atomic E-state index is -0.136. The number of imidazole rings is 2. The molecule has 158 valence electrons. The number of aromatic nitrogens is 5. The number of hydrogen-bond acceptors (Lipinski definition) is 4. The second-order valence-electron chi connectivity index (χ2n) is 8.13. The summed E-state index contributed by atoms with van der Waals surface area (Å²) in [5, 5.41) is 3.04. The van der Waals surface area contributed by atoms with Crippen LogP contribution in [0.3, 0.4) is 0 Å². The summed E-state index contributed by atoms with van der Waals surface area (Å²) in [6.45, 7) is 5.47. The van der Waals surface area contributed by atoms with Crippen LogP contribution < -0.4 is 5.32 Å². The molecule has 0 fully saturated rings. The maximum Gasteiger partial charge on any atom is 0.270 e. The Morgan fingerprint density at radius 1 is 1.13 bits per heavy atom. The van der Waals surface area contributed by atoms with Gasteiger partial charge in [-0.3, -0.25) is 9.20 Å². The number of rotatable bonds is 5. The van der Waals surface area contributed by atoms with Crippen LogP contribution in [0.25, 0.3) is 17.0 Å². The van der Waals surface area contributed by atoms with E-state index in [-0.39, 0.29) is 5.91 Å². The average molecular weight is 415 g/mol. The van der Waals surface area contributed by atoms with Crippen LogP contribution in [0, 0.1) is 6.92 Å². The molecule has 0 unspecified atom stereocenters. The molecule has 4 heterocycles. The van der Waals surface area contributed by atoms with Crippen molar-refractivity contribution in [1.29, 1.82) is 0 Å². The highest BCUT2D eigenvalue weighted by atomic mass is 16.1. The molecule has 1 aliphatic rings. The fourth-order valence-corrected chi connectivity index (χ4v) is 4.17. The van der Waals surface area contributed by atoms with Gasteiger partial charge in [-0.25, -0.2) is 15.0 Å². The number of hydrogen-bond donors (Lipinski definition) is 1. The Morgan fingerprint density at radius 3 is 2.74 bits per heavy atom. The third-order valence-corrected chi connectivity index (χ3v) is 5.84.